The molecule has 0 atom stereocenters. The van der Waals surface area contributed by atoms with Crippen LogP contribution in [0.4, 0.5) is 5.82 Å². The standard InChI is InChI=1S/C17H26N4O/c22-17(8-10-18-15-5-1-2-6-15)21-13-11-20(12-14-21)16-7-3-4-9-19-16/h3-4,7,9,15,18H,1-2,5-6,8,10-14H2. The predicted molar refractivity (Wildman–Crippen MR) is 87.9 cm³/mol. The van der Waals surface area contributed by atoms with Crippen LogP contribution in [0.15, 0.2) is 24.4 Å². The maximum Gasteiger partial charge on any atom is 0.223 e. The van der Waals surface area contributed by atoms with E-state index < -0.39 is 0 Å². The van der Waals surface area contributed by atoms with Gasteiger partial charge in [0.15, 0.2) is 0 Å². The molecule has 1 saturated carbocycles. The lowest BCUT2D eigenvalue weighted by atomic mass is 10.2. The molecule has 0 spiro atoms. The fourth-order valence-corrected chi connectivity index (χ4v) is 3.40. The largest absolute Gasteiger partial charge is 0.353 e. The maximum atomic E-state index is 12.3. The zero-order valence-corrected chi connectivity index (χ0v) is 13.2. The van der Waals surface area contributed by atoms with Crippen molar-refractivity contribution in [2.24, 2.45) is 0 Å². The van der Waals surface area contributed by atoms with Crippen LogP contribution in [-0.4, -0.2) is 54.6 Å². The number of pyridine rings is 1. The van der Waals surface area contributed by atoms with Crippen molar-refractivity contribution < 1.29 is 4.79 Å². The Kier molecular flexibility index (Phi) is 5.27. The van der Waals surface area contributed by atoms with Gasteiger partial charge in [-0.05, 0) is 25.0 Å². The summed E-state index contributed by atoms with van der Waals surface area (Å²) in [6, 6.07) is 6.62. The van der Waals surface area contributed by atoms with Gasteiger partial charge in [0.2, 0.25) is 5.91 Å². The van der Waals surface area contributed by atoms with Crippen LogP contribution in [-0.2, 0) is 4.79 Å². The molecule has 1 aliphatic carbocycles. The van der Waals surface area contributed by atoms with Crippen molar-refractivity contribution in [2.45, 2.75) is 38.1 Å². The van der Waals surface area contributed by atoms with Gasteiger partial charge in [-0.3, -0.25) is 4.79 Å². The number of nitrogens with one attached hydrogen (secondary N) is 1. The zero-order valence-electron chi connectivity index (χ0n) is 13.2. The number of hydrogen-bond donors (Lipinski definition) is 1. The summed E-state index contributed by atoms with van der Waals surface area (Å²) in [5, 5.41) is 3.52. The van der Waals surface area contributed by atoms with Gasteiger partial charge in [0.25, 0.3) is 0 Å². The Morgan fingerprint density at radius 2 is 1.95 bits per heavy atom. The highest BCUT2D eigenvalue weighted by molar-refractivity contribution is 5.76. The van der Waals surface area contributed by atoms with Gasteiger partial charge in [-0.1, -0.05) is 18.9 Å². The minimum Gasteiger partial charge on any atom is -0.353 e. The number of hydrogen-bond acceptors (Lipinski definition) is 4. The Morgan fingerprint density at radius 1 is 1.18 bits per heavy atom. The second kappa shape index (κ2) is 7.58. The predicted octanol–water partition coefficient (Wildman–Crippen LogP) is 1.65. The third-order valence-electron chi connectivity index (χ3n) is 4.73. The van der Waals surface area contributed by atoms with Crippen molar-refractivity contribution in [3.8, 4) is 0 Å². The van der Waals surface area contributed by atoms with Crippen molar-refractivity contribution in [1.29, 1.82) is 0 Å². The Bertz CT molecular complexity index is 465. The monoisotopic (exact) mass is 302 g/mol. The molecular weight excluding hydrogens is 276 g/mol. The zero-order chi connectivity index (χ0) is 15.2. The fraction of sp³-hybridized carbons (Fsp3) is 0.647. The van der Waals surface area contributed by atoms with Crippen LogP contribution in [0.2, 0.25) is 0 Å². The maximum absolute atomic E-state index is 12.3. The number of piperazine rings is 1. The molecule has 1 amide bonds. The van der Waals surface area contributed by atoms with E-state index in [1.165, 1.54) is 25.7 Å². The van der Waals surface area contributed by atoms with Gasteiger partial charge < -0.3 is 15.1 Å². The Labute approximate surface area is 132 Å². The molecule has 2 heterocycles. The van der Waals surface area contributed by atoms with Crippen LogP contribution in [0, 0.1) is 0 Å². The lowest BCUT2D eigenvalue weighted by molar-refractivity contribution is -0.131. The summed E-state index contributed by atoms with van der Waals surface area (Å²) in [4.78, 5) is 20.9. The number of aromatic nitrogens is 1. The summed E-state index contributed by atoms with van der Waals surface area (Å²) in [5.41, 5.74) is 0. The molecule has 0 bridgehead atoms. The number of rotatable bonds is 5. The van der Waals surface area contributed by atoms with Crippen LogP contribution < -0.4 is 10.2 Å². The van der Waals surface area contributed by atoms with Gasteiger partial charge in [0.1, 0.15) is 5.82 Å². The number of carbonyl (C=O) groups is 1. The van der Waals surface area contributed by atoms with Crippen molar-refractivity contribution in [3.05, 3.63) is 24.4 Å². The third kappa shape index (κ3) is 3.97. The van der Waals surface area contributed by atoms with Gasteiger partial charge in [-0.15, -0.1) is 0 Å². The molecule has 0 aromatic carbocycles. The molecule has 1 aliphatic heterocycles. The number of carbonyl (C=O) groups excluding carboxylic acids is 1. The summed E-state index contributed by atoms with van der Waals surface area (Å²) in [7, 11) is 0. The summed E-state index contributed by atoms with van der Waals surface area (Å²) in [6.45, 7) is 4.18. The van der Waals surface area contributed by atoms with E-state index in [1.54, 1.807) is 0 Å². The summed E-state index contributed by atoms with van der Waals surface area (Å²) < 4.78 is 0. The minimum absolute atomic E-state index is 0.283. The number of amides is 1. The lowest BCUT2D eigenvalue weighted by Crippen LogP contribution is -2.49. The normalized spacial score (nSPS) is 19.6. The summed E-state index contributed by atoms with van der Waals surface area (Å²) in [6.07, 6.45) is 7.66. The third-order valence-corrected chi connectivity index (χ3v) is 4.73. The highest BCUT2D eigenvalue weighted by atomic mass is 16.2. The van der Waals surface area contributed by atoms with E-state index in [2.05, 4.69) is 15.2 Å². The van der Waals surface area contributed by atoms with Crippen LogP contribution in [0.25, 0.3) is 0 Å². The average molecular weight is 302 g/mol. The van der Waals surface area contributed by atoms with Crippen LogP contribution >= 0.6 is 0 Å². The van der Waals surface area contributed by atoms with E-state index in [0.717, 1.165) is 38.5 Å². The fourth-order valence-electron chi connectivity index (χ4n) is 3.40. The van der Waals surface area contributed by atoms with E-state index in [-0.39, 0.29) is 5.91 Å². The van der Waals surface area contributed by atoms with E-state index in [4.69, 9.17) is 0 Å². The van der Waals surface area contributed by atoms with Crippen molar-refractivity contribution >= 4 is 11.7 Å². The van der Waals surface area contributed by atoms with Crippen molar-refractivity contribution in [3.63, 3.8) is 0 Å². The Balaban J connectivity index is 1.38. The van der Waals surface area contributed by atoms with Gasteiger partial charge >= 0.3 is 0 Å². The Morgan fingerprint density at radius 3 is 2.64 bits per heavy atom. The first-order valence-electron chi connectivity index (χ1n) is 8.50. The molecule has 1 saturated heterocycles. The molecule has 120 valence electrons. The minimum atomic E-state index is 0.283. The van der Waals surface area contributed by atoms with Crippen molar-refractivity contribution in [2.75, 3.05) is 37.6 Å². The van der Waals surface area contributed by atoms with E-state index in [1.807, 2.05) is 29.3 Å². The van der Waals surface area contributed by atoms with Gasteiger partial charge in [-0.2, -0.15) is 0 Å². The molecule has 5 heteroatoms. The molecule has 0 unspecified atom stereocenters. The van der Waals surface area contributed by atoms with Gasteiger partial charge in [0.05, 0.1) is 0 Å². The summed E-state index contributed by atoms with van der Waals surface area (Å²) >= 11 is 0. The molecular formula is C17H26N4O. The highest BCUT2D eigenvalue weighted by Gasteiger charge is 2.22. The molecule has 3 rings (SSSR count). The molecule has 1 aromatic heterocycles. The first kappa shape index (κ1) is 15.3. The van der Waals surface area contributed by atoms with Crippen LogP contribution in [0.3, 0.4) is 0 Å². The number of anilines is 1. The van der Waals surface area contributed by atoms with E-state index in [9.17, 15) is 4.79 Å². The molecule has 1 N–H and O–H groups in total. The summed E-state index contributed by atoms with van der Waals surface area (Å²) in [5.74, 6) is 1.30. The lowest BCUT2D eigenvalue weighted by Gasteiger charge is -2.35. The second-order valence-corrected chi connectivity index (χ2v) is 6.24. The topological polar surface area (TPSA) is 48.5 Å². The highest BCUT2D eigenvalue weighted by Crippen LogP contribution is 2.17. The van der Waals surface area contributed by atoms with Gasteiger partial charge in [0, 0.05) is 51.4 Å². The molecule has 2 aliphatic rings. The van der Waals surface area contributed by atoms with Crippen LogP contribution in [0.1, 0.15) is 32.1 Å². The quantitative estimate of drug-likeness (QED) is 0.898. The molecule has 1 aromatic rings. The van der Waals surface area contributed by atoms with E-state index in [0.29, 0.717) is 12.5 Å². The number of nitrogens with zero attached hydrogens (tertiary/aromatic N) is 3. The first-order valence-corrected chi connectivity index (χ1v) is 8.50. The SMILES string of the molecule is O=C(CCNC1CCCC1)N1CCN(c2ccccn2)CC1. The average Bonchev–Trinajstić information content (AvgIpc) is 3.09. The second-order valence-electron chi connectivity index (χ2n) is 6.24. The van der Waals surface area contributed by atoms with Crippen LogP contribution in [0.5, 0.6) is 0 Å². The smallest absolute Gasteiger partial charge is 0.223 e. The first-order chi connectivity index (χ1) is 10.8. The molecule has 5 nitrogen and oxygen atoms in total. The van der Waals surface area contributed by atoms with Gasteiger partial charge in [-0.25, -0.2) is 4.98 Å². The Hall–Kier alpha value is -1.62. The molecule has 2 fully saturated rings. The molecule has 0 radical (unpaired) electrons. The van der Waals surface area contributed by atoms with E-state index >= 15 is 0 Å². The van der Waals surface area contributed by atoms with Crippen molar-refractivity contribution in [1.82, 2.24) is 15.2 Å². The molecule has 22 heavy (non-hydrogen) atoms.